The first-order valence-corrected chi connectivity index (χ1v) is 5.66. The highest BCUT2D eigenvalue weighted by molar-refractivity contribution is 5.39. The molecule has 1 N–H and O–H groups in total. The molecule has 1 heterocycles. The van der Waals surface area contributed by atoms with Crippen molar-refractivity contribution in [1.82, 2.24) is 5.32 Å². The minimum Gasteiger partial charge on any atom is -0.494 e. The van der Waals surface area contributed by atoms with Crippen molar-refractivity contribution in [2.75, 3.05) is 13.7 Å². The molecule has 2 nitrogen and oxygen atoms in total. The lowest BCUT2D eigenvalue weighted by atomic mass is 9.89. The van der Waals surface area contributed by atoms with Gasteiger partial charge in [-0.1, -0.05) is 6.07 Å². The van der Waals surface area contributed by atoms with Gasteiger partial charge in [0.05, 0.1) is 7.11 Å². The highest BCUT2D eigenvalue weighted by Crippen LogP contribution is 2.34. The zero-order chi connectivity index (χ0) is 11.8. The maximum atomic E-state index is 13.6. The summed E-state index contributed by atoms with van der Waals surface area (Å²) >= 11 is 0. The van der Waals surface area contributed by atoms with E-state index >= 15 is 0 Å². The number of benzene rings is 1. The minimum absolute atomic E-state index is 0.0360. The quantitative estimate of drug-likeness (QED) is 0.832. The van der Waals surface area contributed by atoms with Gasteiger partial charge >= 0.3 is 0 Å². The SMILES string of the molecule is COc1cc(C2(C)CCCN2)cc(C)c1F. The van der Waals surface area contributed by atoms with Crippen LogP contribution in [0.1, 0.15) is 30.9 Å². The van der Waals surface area contributed by atoms with Crippen LogP contribution in [-0.4, -0.2) is 13.7 Å². The Bertz CT molecular complexity index is 397. The lowest BCUT2D eigenvalue weighted by Crippen LogP contribution is -2.33. The van der Waals surface area contributed by atoms with E-state index in [1.807, 2.05) is 6.07 Å². The summed E-state index contributed by atoms with van der Waals surface area (Å²) in [6, 6.07) is 3.72. The normalized spacial score (nSPS) is 24.8. The van der Waals surface area contributed by atoms with Crippen molar-refractivity contribution >= 4 is 0 Å². The molecule has 88 valence electrons. The van der Waals surface area contributed by atoms with Crippen LogP contribution in [0.5, 0.6) is 5.75 Å². The van der Waals surface area contributed by atoms with Gasteiger partial charge in [0, 0.05) is 5.54 Å². The van der Waals surface area contributed by atoms with E-state index in [4.69, 9.17) is 4.74 Å². The Morgan fingerprint density at radius 3 is 2.75 bits per heavy atom. The van der Waals surface area contributed by atoms with Gasteiger partial charge in [-0.25, -0.2) is 4.39 Å². The van der Waals surface area contributed by atoms with Crippen molar-refractivity contribution in [1.29, 1.82) is 0 Å². The van der Waals surface area contributed by atoms with Crippen molar-refractivity contribution in [3.05, 3.63) is 29.1 Å². The summed E-state index contributed by atoms with van der Waals surface area (Å²) in [6.07, 6.45) is 2.25. The van der Waals surface area contributed by atoms with Crippen LogP contribution in [-0.2, 0) is 5.54 Å². The summed E-state index contributed by atoms with van der Waals surface area (Å²) in [7, 11) is 1.51. The van der Waals surface area contributed by atoms with E-state index in [0.717, 1.165) is 24.9 Å². The molecule has 0 radical (unpaired) electrons. The highest BCUT2D eigenvalue weighted by Gasteiger charge is 2.31. The van der Waals surface area contributed by atoms with Crippen LogP contribution in [0.15, 0.2) is 12.1 Å². The number of nitrogens with one attached hydrogen (secondary N) is 1. The van der Waals surface area contributed by atoms with Gasteiger partial charge in [0.25, 0.3) is 0 Å². The third kappa shape index (κ3) is 1.80. The van der Waals surface area contributed by atoms with Crippen LogP contribution >= 0.6 is 0 Å². The predicted molar refractivity (Wildman–Crippen MR) is 62.3 cm³/mol. The molecule has 1 aromatic rings. The number of rotatable bonds is 2. The minimum atomic E-state index is -0.257. The van der Waals surface area contributed by atoms with Crippen LogP contribution in [0, 0.1) is 12.7 Å². The molecule has 1 aromatic carbocycles. The second kappa shape index (κ2) is 4.06. The van der Waals surface area contributed by atoms with Crippen LogP contribution < -0.4 is 10.1 Å². The second-order valence-electron chi connectivity index (χ2n) is 4.67. The topological polar surface area (TPSA) is 21.3 Å². The molecular formula is C13H18FNO. The van der Waals surface area contributed by atoms with Gasteiger partial charge in [-0.15, -0.1) is 0 Å². The fourth-order valence-electron chi connectivity index (χ4n) is 2.35. The lowest BCUT2D eigenvalue weighted by molar-refractivity contribution is 0.378. The van der Waals surface area contributed by atoms with Crippen molar-refractivity contribution in [3.63, 3.8) is 0 Å². The molecular weight excluding hydrogens is 205 g/mol. The number of halogens is 1. The number of hydrogen-bond donors (Lipinski definition) is 1. The van der Waals surface area contributed by atoms with Crippen molar-refractivity contribution in [2.24, 2.45) is 0 Å². The number of methoxy groups -OCH3 is 1. The Labute approximate surface area is 95.8 Å². The average molecular weight is 223 g/mol. The van der Waals surface area contributed by atoms with Gasteiger partial charge in [-0.2, -0.15) is 0 Å². The molecule has 1 saturated heterocycles. The van der Waals surface area contributed by atoms with E-state index in [1.54, 1.807) is 13.0 Å². The van der Waals surface area contributed by atoms with Gasteiger partial charge in [-0.3, -0.25) is 0 Å². The van der Waals surface area contributed by atoms with Gasteiger partial charge in [-0.05, 0) is 50.4 Å². The maximum absolute atomic E-state index is 13.6. The first-order chi connectivity index (χ1) is 7.57. The van der Waals surface area contributed by atoms with E-state index in [9.17, 15) is 4.39 Å². The van der Waals surface area contributed by atoms with Gasteiger partial charge < -0.3 is 10.1 Å². The molecule has 0 bridgehead atoms. The molecule has 3 heteroatoms. The molecule has 1 aliphatic heterocycles. The van der Waals surface area contributed by atoms with Crippen LogP contribution in [0.4, 0.5) is 4.39 Å². The molecule has 1 fully saturated rings. The Hall–Kier alpha value is -1.09. The van der Waals surface area contributed by atoms with E-state index in [1.165, 1.54) is 7.11 Å². The van der Waals surface area contributed by atoms with E-state index in [-0.39, 0.29) is 11.4 Å². The number of ether oxygens (including phenoxy) is 1. The van der Waals surface area contributed by atoms with Gasteiger partial charge in [0.1, 0.15) is 0 Å². The van der Waals surface area contributed by atoms with Crippen LogP contribution in [0.2, 0.25) is 0 Å². The van der Waals surface area contributed by atoms with Crippen molar-refractivity contribution in [2.45, 2.75) is 32.2 Å². The highest BCUT2D eigenvalue weighted by atomic mass is 19.1. The standard InChI is InChI=1S/C13H18FNO/c1-9-7-10(8-11(16-3)12(9)14)13(2)5-4-6-15-13/h7-8,15H,4-6H2,1-3H3. The van der Waals surface area contributed by atoms with Gasteiger partial charge in [0.2, 0.25) is 0 Å². The Morgan fingerprint density at radius 2 is 2.19 bits per heavy atom. The predicted octanol–water partition coefficient (Wildman–Crippen LogP) is 2.74. The summed E-state index contributed by atoms with van der Waals surface area (Å²) in [4.78, 5) is 0. The van der Waals surface area contributed by atoms with E-state index in [2.05, 4.69) is 12.2 Å². The summed E-state index contributed by atoms with van der Waals surface area (Å²) < 4.78 is 18.7. The summed E-state index contributed by atoms with van der Waals surface area (Å²) in [6.45, 7) is 4.96. The summed E-state index contributed by atoms with van der Waals surface area (Å²) in [5.74, 6) is 0.0813. The molecule has 2 rings (SSSR count). The maximum Gasteiger partial charge on any atom is 0.167 e. The molecule has 1 unspecified atom stereocenters. The van der Waals surface area contributed by atoms with Crippen LogP contribution in [0.3, 0.4) is 0 Å². The Balaban J connectivity index is 2.45. The molecule has 1 atom stereocenters. The Kier molecular flexibility index (Phi) is 2.89. The summed E-state index contributed by atoms with van der Waals surface area (Å²) in [5.41, 5.74) is 1.72. The fraction of sp³-hybridized carbons (Fsp3) is 0.538. The fourth-order valence-corrected chi connectivity index (χ4v) is 2.35. The molecule has 16 heavy (non-hydrogen) atoms. The molecule has 0 saturated carbocycles. The van der Waals surface area contributed by atoms with Crippen LogP contribution in [0.25, 0.3) is 0 Å². The molecule has 0 aromatic heterocycles. The molecule has 1 aliphatic rings. The number of hydrogen-bond acceptors (Lipinski definition) is 2. The van der Waals surface area contributed by atoms with Crippen molar-refractivity contribution < 1.29 is 9.13 Å². The lowest BCUT2D eigenvalue weighted by Gasteiger charge is -2.26. The van der Waals surface area contributed by atoms with E-state index in [0.29, 0.717) is 11.3 Å². The average Bonchev–Trinajstić information content (AvgIpc) is 2.70. The van der Waals surface area contributed by atoms with Crippen molar-refractivity contribution in [3.8, 4) is 5.75 Å². The second-order valence-corrected chi connectivity index (χ2v) is 4.67. The largest absolute Gasteiger partial charge is 0.494 e. The third-order valence-corrected chi connectivity index (χ3v) is 3.45. The monoisotopic (exact) mass is 223 g/mol. The van der Waals surface area contributed by atoms with E-state index < -0.39 is 0 Å². The third-order valence-electron chi connectivity index (χ3n) is 3.45. The Morgan fingerprint density at radius 1 is 1.44 bits per heavy atom. The number of aryl methyl sites for hydroxylation is 1. The van der Waals surface area contributed by atoms with Gasteiger partial charge in [0.15, 0.2) is 11.6 Å². The zero-order valence-corrected chi connectivity index (χ0v) is 10.1. The smallest absolute Gasteiger partial charge is 0.167 e. The molecule has 0 amide bonds. The molecule has 0 spiro atoms. The first kappa shape index (κ1) is 11.4. The summed E-state index contributed by atoms with van der Waals surface area (Å²) in [5, 5.41) is 3.47. The first-order valence-electron chi connectivity index (χ1n) is 5.66. The zero-order valence-electron chi connectivity index (χ0n) is 10.1. The molecule has 0 aliphatic carbocycles.